The van der Waals surface area contributed by atoms with Gasteiger partial charge in [-0.05, 0) is 68.1 Å². The molecule has 2 aliphatic heterocycles. The van der Waals surface area contributed by atoms with Crippen LogP contribution in [0.1, 0.15) is 60.8 Å². The molecule has 0 aromatic rings. The number of fused-ring (bicyclic) bond motifs is 4. The van der Waals surface area contributed by atoms with Crippen LogP contribution in [0.4, 0.5) is 0 Å². The van der Waals surface area contributed by atoms with Gasteiger partial charge in [0, 0.05) is 6.42 Å². The van der Waals surface area contributed by atoms with Crippen molar-refractivity contribution in [2.45, 2.75) is 102 Å². The minimum Gasteiger partial charge on any atom is -0.457 e. The fraction of sp³-hybridized carbons (Fsp3) is 0.870. The van der Waals surface area contributed by atoms with E-state index in [4.69, 9.17) is 13.9 Å². The summed E-state index contributed by atoms with van der Waals surface area (Å²) in [5.41, 5.74) is -0.621. The van der Waals surface area contributed by atoms with Gasteiger partial charge in [-0.1, -0.05) is 34.3 Å². The summed E-state index contributed by atoms with van der Waals surface area (Å²) < 4.78 is 18.6. The monoisotopic (exact) mass is 424 g/mol. The molecule has 2 bridgehead atoms. The molecule has 0 aromatic heterocycles. The fourth-order valence-electron chi connectivity index (χ4n) is 5.53. The molecule has 0 spiro atoms. The van der Waals surface area contributed by atoms with E-state index in [2.05, 4.69) is 54.3 Å². The summed E-state index contributed by atoms with van der Waals surface area (Å²) in [7, 11) is -2.03. The average molecular weight is 425 g/mol. The van der Waals surface area contributed by atoms with Crippen molar-refractivity contribution in [3.05, 3.63) is 12.2 Å². The average Bonchev–Trinajstić information content (AvgIpc) is 3.10. The third kappa shape index (κ3) is 3.54. The minimum absolute atomic E-state index is 0.0316. The molecule has 3 aliphatic rings. The van der Waals surface area contributed by atoms with E-state index in [-0.39, 0.29) is 29.5 Å². The molecule has 0 amide bonds. The predicted octanol–water partition coefficient (Wildman–Crippen LogP) is 4.45. The van der Waals surface area contributed by atoms with E-state index in [0.29, 0.717) is 12.3 Å². The summed E-state index contributed by atoms with van der Waals surface area (Å²) in [5.74, 6) is 0.415. The fourth-order valence-corrected chi connectivity index (χ4v) is 6.44. The summed E-state index contributed by atoms with van der Waals surface area (Å²) in [5, 5.41) is 11.3. The lowest BCUT2D eigenvalue weighted by Gasteiger charge is -2.50. The van der Waals surface area contributed by atoms with Crippen LogP contribution in [0.2, 0.25) is 18.1 Å². The van der Waals surface area contributed by atoms with Gasteiger partial charge in [0.2, 0.25) is 0 Å². The maximum Gasteiger partial charge on any atom is 0.331 e. The molecule has 1 N–H and O–H groups in total. The molecule has 0 aromatic carbocycles. The highest BCUT2D eigenvalue weighted by molar-refractivity contribution is 6.74. The van der Waals surface area contributed by atoms with Crippen molar-refractivity contribution < 1.29 is 23.8 Å². The number of esters is 1. The third-order valence-corrected chi connectivity index (χ3v) is 13.0. The zero-order valence-corrected chi connectivity index (χ0v) is 20.5. The number of carbonyl (C=O) groups excluding carboxylic acids is 1. The summed E-state index contributed by atoms with van der Waals surface area (Å²) in [6.07, 6.45) is 1.51. The molecule has 29 heavy (non-hydrogen) atoms. The Morgan fingerprint density at radius 3 is 2.48 bits per heavy atom. The first-order chi connectivity index (χ1) is 13.2. The van der Waals surface area contributed by atoms with E-state index in [9.17, 15) is 9.90 Å². The van der Waals surface area contributed by atoms with Gasteiger partial charge in [-0.3, -0.25) is 0 Å². The first-order valence-electron chi connectivity index (χ1n) is 11.0. The van der Waals surface area contributed by atoms with Gasteiger partial charge >= 0.3 is 5.97 Å². The van der Waals surface area contributed by atoms with E-state index < -0.39 is 31.7 Å². The number of ether oxygens (including phenoxy) is 2. The zero-order chi connectivity index (χ0) is 22.0. The Morgan fingerprint density at radius 1 is 1.31 bits per heavy atom. The second-order valence-electron chi connectivity index (χ2n) is 11.4. The molecule has 5 nitrogen and oxygen atoms in total. The third-order valence-electron chi connectivity index (χ3n) is 8.52. The van der Waals surface area contributed by atoms with Crippen molar-refractivity contribution in [2.24, 2.45) is 17.8 Å². The van der Waals surface area contributed by atoms with Crippen LogP contribution >= 0.6 is 0 Å². The maximum atomic E-state index is 12.8. The summed E-state index contributed by atoms with van der Waals surface area (Å²) in [6, 6.07) is 0. The topological polar surface area (TPSA) is 65.0 Å². The molecule has 3 fully saturated rings. The van der Waals surface area contributed by atoms with Gasteiger partial charge in [0.25, 0.3) is 0 Å². The van der Waals surface area contributed by atoms with Gasteiger partial charge in [-0.15, -0.1) is 0 Å². The molecule has 6 heteroatoms. The number of rotatable bonds is 5. The highest BCUT2D eigenvalue weighted by Crippen LogP contribution is 2.62. The van der Waals surface area contributed by atoms with E-state index in [1.807, 2.05) is 6.92 Å². The van der Waals surface area contributed by atoms with Crippen LogP contribution in [0.25, 0.3) is 0 Å². The summed E-state index contributed by atoms with van der Waals surface area (Å²) in [4.78, 5) is 12.8. The lowest BCUT2D eigenvalue weighted by Crippen LogP contribution is -2.59. The molecular weight excluding hydrogens is 384 g/mol. The molecule has 7 atom stereocenters. The van der Waals surface area contributed by atoms with Gasteiger partial charge in [-0.2, -0.15) is 0 Å². The number of aliphatic hydroxyl groups excluding tert-OH is 1. The number of aliphatic hydroxyl groups is 1. The predicted molar refractivity (Wildman–Crippen MR) is 116 cm³/mol. The van der Waals surface area contributed by atoms with Gasteiger partial charge < -0.3 is 19.0 Å². The molecule has 3 rings (SSSR count). The minimum atomic E-state index is -2.03. The van der Waals surface area contributed by atoms with Crippen LogP contribution in [0.5, 0.6) is 0 Å². The second kappa shape index (κ2) is 7.18. The van der Waals surface area contributed by atoms with Gasteiger partial charge in [0.05, 0.1) is 6.10 Å². The SMILES string of the molecule is C=C(C)[C@@]12C[C@@H](OC(=O)CO[Si](C)(C)C(C)(C)C)[C@@](C)(O1)[C@@H]1CC[C@@H](C)[C@H]1[C@@H]2O. The normalized spacial score (nSPS) is 41.9. The van der Waals surface area contributed by atoms with Crippen molar-refractivity contribution in [1.82, 2.24) is 0 Å². The Morgan fingerprint density at radius 2 is 1.93 bits per heavy atom. The molecule has 0 radical (unpaired) electrons. The lowest BCUT2D eigenvalue weighted by atomic mass is 9.71. The van der Waals surface area contributed by atoms with Gasteiger partial charge in [-0.25, -0.2) is 4.79 Å². The smallest absolute Gasteiger partial charge is 0.331 e. The first-order valence-corrected chi connectivity index (χ1v) is 13.9. The zero-order valence-electron chi connectivity index (χ0n) is 19.5. The molecule has 0 unspecified atom stereocenters. The van der Waals surface area contributed by atoms with Crippen LogP contribution in [-0.4, -0.2) is 49.4 Å². The van der Waals surface area contributed by atoms with Crippen molar-refractivity contribution in [2.75, 3.05) is 6.61 Å². The quantitative estimate of drug-likeness (QED) is 0.401. The van der Waals surface area contributed by atoms with Crippen LogP contribution < -0.4 is 0 Å². The molecule has 2 saturated heterocycles. The Hall–Kier alpha value is -0.693. The van der Waals surface area contributed by atoms with E-state index in [1.54, 1.807) is 0 Å². The Kier molecular flexibility index (Phi) is 5.69. The van der Waals surface area contributed by atoms with Crippen molar-refractivity contribution in [3.8, 4) is 0 Å². The highest BCUT2D eigenvalue weighted by Gasteiger charge is 2.70. The van der Waals surface area contributed by atoms with E-state index in [1.165, 1.54) is 0 Å². The molecule has 1 aliphatic carbocycles. The van der Waals surface area contributed by atoms with Crippen LogP contribution in [-0.2, 0) is 18.7 Å². The Bertz CT molecular complexity index is 683. The number of hydrogen-bond donors (Lipinski definition) is 1. The molecular formula is C23H40O5Si. The first kappa shape index (κ1) is 23.0. The Labute approximate surface area is 177 Å². The number of hydrogen-bond acceptors (Lipinski definition) is 5. The van der Waals surface area contributed by atoms with Crippen molar-refractivity contribution in [3.63, 3.8) is 0 Å². The summed E-state index contributed by atoms with van der Waals surface area (Å²) >= 11 is 0. The van der Waals surface area contributed by atoms with Crippen LogP contribution in [0.15, 0.2) is 12.2 Å². The van der Waals surface area contributed by atoms with Crippen molar-refractivity contribution in [1.29, 1.82) is 0 Å². The Balaban J connectivity index is 1.79. The standard InChI is InChI=1S/C23H40O5Si/c1-14(2)23-12-17(27-18(24)13-26-29(8,9)21(4,5)6)22(7,28-23)16-11-10-15(3)19(16)20(23)25/h15-17,19-20,25H,1,10-13H2,2-9H3/t15-,16-,17-,19-,20+,22+,23-/m1/s1. The lowest BCUT2D eigenvalue weighted by molar-refractivity contribution is -0.234. The maximum absolute atomic E-state index is 12.8. The largest absolute Gasteiger partial charge is 0.457 e. The number of carbonyl (C=O) groups is 1. The molecule has 2 heterocycles. The van der Waals surface area contributed by atoms with Crippen LogP contribution in [0, 0.1) is 17.8 Å². The highest BCUT2D eigenvalue weighted by atomic mass is 28.4. The van der Waals surface area contributed by atoms with Crippen molar-refractivity contribution >= 4 is 14.3 Å². The second-order valence-corrected chi connectivity index (χ2v) is 16.2. The summed E-state index contributed by atoms with van der Waals surface area (Å²) in [6.45, 7) is 21.0. The van der Waals surface area contributed by atoms with Gasteiger partial charge in [0.15, 0.2) is 8.32 Å². The van der Waals surface area contributed by atoms with E-state index >= 15 is 0 Å². The van der Waals surface area contributed by atoms with Gasteiger partial charge in [0.1, 0.15) is 23.9 Å². The van der Waals surface area contributed by atoms with Crippen LogP contribution in [0.3, 0.4) is 0 Å². The van der Waals surface area contributed by atoms with E-state index in [0.717, 1.165) is 18.4 Å². The molecule has 166 valence electrons. The molecule has 1 saturated carbocycles.